The van der Waals surface area contributed by atoms with Crippen LogP contribution in [0.25, 0.3) is 0 Å². The molecule has 0 fully saturated rings. The molecule has 0 amide bonds. The van der Waals surface area contributed by atoms with Crippen LogP contribution in [0.1, 0.15) is 13.3 Å². The predicted molar refractivity (Wildman–Crippen MR) is 107 cm³/mol. The van der Waals surface area contributed by atoms with Crippen LogP contribution in [0.5, 0.6) is 0 Å². The Morgan fingerprint density at radius 2 is 0.853 bits per heavy atom. The van der Waals surface area contributed by atoms with Crippen LogP contribution in [0.15, 0.2) is 48.1 Å². The number of hydrogen-bond donors (Lipinski definition) is 8. The predicted octanol–water partition coefficient (Wildman–Crippen LogP) is -0.373. The van der Waals surface area contributed by atoms with E-state index in [9.17, 15) is 38.4 Å². The summed E-state index contributed by atoms with van der Waals surface area (Å²) in [5.74, 6) is -9.92. The molecule has 0 aliphatic rings. The zero-order valence-corrected chi connectivity index (χ0v) is 17.1. The van der Waals surface area contributed by atoms with E-state index in [1.165, 1.54) is 6.92 Å². The minimum atomic E-state index is -1.27. The van der Waals surface area contributed by atoms with Gasteiger partial charge in [0.15, 0.2) is 0 Å². The first-order valence-electron chi connectivity index (χ1n) is 7.88. The smallest absolute Gasteiger partial charge is 0.331 e. The molecule has 16 nitrogen and oxygen atoms in total. The molecule has 0 rings (SSSR count). The molecular weight excluding hydrogens is 472 g/mol. The van der Waals surface area contributed by atoms with Gasteiger partial charge in [-0.05, 0) is 6.92 Å². The third-order valence-corrected chi connectivity index (χ3v) is 2.08. The molecule has 0 saturated heterocycles. The molecule has 0 saturated carbocycles. The number of carboxylic acid groups (broad SMARTS) is 8. The van der Waals surface area contributed by atoms with Crippen LogP contribution in [-0.4, -0.2) is 88.6 Å². The van der Waals surface area contributed by atoms with Crippen molar-refractivity contribution >= 4 is 47.8 Å². The van der Waals surface area contributed by atoms with Crippen molar-refractivity contribution in [3.63, 3.8) is 0 Å². The van der Waals surface area contributed by atoms with Gasteiger partial charge in [0.25, 0.3) is 0 Å². The molecule has 188 valence electrons. The van der Waals surface area contributed by atoms with E-state index in [2.05, 4.69) is 6.58 Å². The summed E-state index contributed by atoms with van der Waals surface area (Å²) in [5.41, 5.74) is -0.481. The summed E-state index contributed by atoms with van der Waals surface area (Å²) in [6.45, 7) is 4.23. The van der Waals surface area contributed by atoms with E-state index in [1.807, 2.05) is 0 Å². The zero-order chi connectivity index (χ0) is 28.0. The molecule has 16 heteroatoms. The Labute approximate surface area is 189 Å². The molecule has 0 unspecified atom stereocenters. The van der Waals surface area contributed by atoms with Crippen molar-refractivity contribution < 1.29 is 79.2 Å². The van der Waals surface area contributed by atoms with Crippen LogP contribution in [0.4, 0.5) is 0 Å². The topological polar surface area (TPSA) is 298 Å². The van der Waals surface area contributed by atoms with Crippen LogP contribution in [-0.2, 0) is 38.4 Å². The summed E-state index contributed by atoms with van der Waals surface area (Å²) >= 11 is 0. The van der Waals surface area contributed by atoms with Gasteiger partial charge in [-0.2, -0.15) is 0 Å². The van der Waals surface area contributed by atoms with Gasteiger partial charge >= 0.3 is 47.8 Å². The summed E-state index contributed by atoms with van der Waals surface area (Å²) in [4.78, 5) is 77.6. The summed E-state index contributed by atoms with van der Waals surface area (Å²) in [6, 6.07) is 0. The van der Waals surface area contributed by atoms with E-state index < -0.39 is 54.2 Å². The van der Waals surface area contributed by atoms with Crippen LogP contribution >= 0.6 is 0 Å². The fraction of sp³-hybridized carbons (Fsp3) is 0.111. The monoisotopic (exact) mass is 492 g/mol. The van der Waals surface area contributed by atoms with E-state index in [-0.39, 0.29) is 11.1 Å². The Kier molecular flexibility index (Phi) is 22.3. The van der Waals surface area contributed by atoms with Crippen LogP contribution < -0.4 is 0 Å². The highest BCUT2D eigenvalue weighted by molar-refractivity contribution is 5.94. The van der Waals surface area contributed by atoms with Gasteiger partial charge in [-0.15, -0.1) is 0 Å². The molecule has 0 aromatic rings. The Morgan fingerprint density at radius 3 is 0.941 bits per heavy atom. The third-order valence-electron chi connectivity index (χ3n) is 2.08. The molecule has 34 heavy (non-hydrogen) atoms. The van der Waals surface area contributed by atoms with Crippen LogP contribution in [0.3, 0.4) is 0 Å². The summed E-state index contributed by atoms with van der Waals surface area (Å²) in [5, 5.41) is 63.4. The van der Waals surface area contributed by atoms with E-state index in [0.717, 1.165) is 0 Å². The molecule has 0 aromatic carbocycles. The van der Waals surface area contributed by atoms with Gasteiger partial charge in [0.05, 0.1) is 6.42 Å². The van der Waals surface area contributed by atoms with Crippen molar-refractivity contribution in [2.24, 2.45) is 0 Å². The Hall–Kier alpha value is -5.28. The fourth-order valence-corrected chi connectivity index (χ4v) is 0.790. The Balaban J connectivity index is -0.000000177. The number of aliphatic carboxylic acids is 8. The van der Waals surface area contributed by atoms with Crippen molar-refractivity contribution in [1.29, 1.82) is 0 Å². The maximum Gasteiger partial charge on any atom is 0.331 e. The van der Waals surface area contributed by atoms with Gasteiger partial charge in [-0.1, -0.05) is 6.58 Å². The number of carboxylic acids is 8. The van der Waals surface area contributed by atoms with E-state index in [1.54, 1.807) is 0 Å². The lowest BCUT2D eigenvalue weighted by molar-refractivity contribution is -0.139. The lowest BCUT2D eigenvalue weighted by Gasteiger charge is -1.91. The second-order valence-corrected chi connectivity index (χ2v) is 4.97. The molecule has 0 aliphatic heterocycles. The largest absolute Gasteiger partial charge is 0.481 e. The minimum Gasteiger partial charge on any atom is -0.481 e. The van der Waals surface area contributed by atoms with Gasteiger partial charge < -0.3 is 40.9 Å². The molecular formula is C18H20O16. The van der Waals surface area contributed by atoms with Gasteiger partial charge in [0.2, 0.25) is 0 Å². The maximum atomic E-state index is 9.90. The molecule has 0 aliphatic carbocycles. The zero-order valence-electron chi connectivity index (χ0n) is 17.1. The SMILES string of the molecule is C/C(=C/C(=O)O)C(=O)O.C=C(CC(=O)O)C(=O)O.O=C(O)/C=C/C(=O)O.O=C(O)/C=C\C(=O)O. The first-order valence-corrected chi connectivity index (χ1v) is 7.88. The Bertz CT molecular complexity index is 822. The molecule has 0 bridgehead atoms. The summed E-state index contributed by atoms with van der Waals surface area (Å²) in [6.07, 6.45) is 2.37. The minimum absolute atomic E-state index is 0.178. The highest BCUT2D eigenvalue weighted by Crippen LogP contribution is 1.95. The molecule has 0 spiro atoms. The summed E-state index contributed by atoms with van der Waals surface area (Å²) < 4.78 is 0. The van der Waals surface area contributed by atoms with Crippen molar-refractivity contribution in [3.8, 4) is 0 Å². The number of rotatable bonds is 9. The molecule has 0 atom stereocenters. The van der Waals surface area contributed by atoms with Crippen molar-refractivity contribution in [1.82, 2.24) is 0 Å². The van der Waals surface area contributed by atoms with Crippen molar-refractivity contribution in [2.75, 3.05) is 0 Å². The van der Waals surface area contributed by atoms with Gasteiger partial charge in [0.1, 0.15) is 0 Å². The number of hydrogen-bond acceptors (Lipinski definition) is 8. The second-order valence-electron chi connectivity index (χ2n) is 4.97. The lowest BCUT2D eigenvalue weighted by atomic mass is 10.2. The third kappa shape index (κ3) is 41.2. The Morgan fingerprint density at radius 1 is 0.559 bits per heavy atom. The van der Waals surface area contributed by atoms with Crippen molar-refractivity contribution in [2.45, 2.75) is 13.3 Å². The standard InChI is InChI=1S/2C5H6O4.2C4H4O4/c2*1-3(5(8)9)2-4(6)7;2*5-3(6)1-2-4(7)8/h2H,1H3,(H,6,7)(H,8,9);1-2H2,(H,6,7)(H,8,9);2*1-2H,(H,5,6)(H,7,8)/b3-2-;;2-1+;2-1-. The first-order chi connectivity index (χ1) is 15.3. The average molecular weight is 492 g/mol. The second kappa shape index (κ2) is 21.0. The van der Waals surface area contributed by atoms with Gasteiger partial charge in [-0.3, -0.25) is 4.79 Å². The fourth-order valence-electron chi connectivity index (χ4n) is 0.790. The molecule has 0 aromatic heterocycles. The lowest BCUT2D eigenvalue weighted by Crippen LogP contribution is -2.04. The maximum absolute atomic E-state index is 9.90. The van der Waals surface area contributed by atoms with E-state index in [0.29, 0.717) is 30.4 Å². The van der Waals surface area contributed by atoms with Crippen LogP contribution in [0.2, 0.25) is 0 Å². The van der Waals surface area contributed by atoms with E-state index >= 15 is 0 Å². The normalized spacial score (nSPS) is 9.62. The highest BCUT2D eigenvalue weighted by Gasteiger charge is 2.07. The molecule has 0 radical (unpaired) electrons. The average Bonchev–Trinajstić information content (AvgIpc) is 2.65. The first kappa shape index (κ1) is 36.1. The van der Waals surface area contributed by atoms with Gasteiger partial charge in [0, 0.05) is 41.5 Å². The number of carbonyl (C=O) groups is 8. The highest BCUT2D eigenvalue weighted by atomic mass is 16.4. The van der Waals surface area contributed by atoms with Crippen molar-refractivity contribution in [3.05, 3.63) is 48.1 Å². The van der Waals surface area contributed by atoms with E-state index in [4.69, 9.17) is 40.9 Å². The van der Waals surface area contributed by atoms with Gasteiger partial charge in [-0.25, -0.2) is 33.6 Å². The quantitative estimate of drug-likeness (QED) is 0.190. The summed E-state index contributed by atoms with van der Waals surface area (Å²) in [7, 11) is 0. The van der Waals surface area contributed by atoms with Crippen LogP contribution in [0, 0.1) is 0 Å². The molecule has 8 N–H and O–H groups in total. The molecule has 0 heterocycles.